The van der Waals surface area contributed by atoms with Crippen molar-refractivity contribution in [3.05, 3.63) is 82.9 Å². The van der Waals surface area contributed by atoms with E-state index >= 15 is 0 Å². The molecule has 0 radical (unpaired) electrons. The molecule has 0 bridgehead atoms. The lowest BCUT2D eigenvalue weighted by Gasteiger charge is -2.11. The molecule has 1 amide bonds. The summed E-state index contributed by atoms with van der Waals surface area (Å²) in [6.07, 6.45) is 1.59. The largest absolute Gasteiger partial charge is 0.366 e. The summed E-state index contributed by atoms with van der Waals surface area (Å²) in [5.41, 5.74) is 10.9. The van der Waals surface area contributed by atoms with Gasteiger partial charge in [-0.1, -0.05) is 30.0 Å². The molecule has 0 unspecified atom stereocenters. The molecular formula is C23H19N3OS2. The molecule has 2 aromatic carbocycles. The Labute approximate surface area is 177 Å². The zero-order chi connectivity index (χ0) is 20.4. The lowest BCUT2D eigenvalue weighted by atomic mass is 10.0. The summed E-state index contributed by atoms with van der Waals surface area (Å²) >= 11 is 3.27. The first kappa shape index (κ1) is 19.4. The summed E-state index contributed by atoms with van der Waals surface area (Å²) in [7, 11) is 0. The average Bonchev–Trinajstić information content (AvgIpc) is 3.18. The Balaban J connectivity index is 1.66. The maximum Gasteiger partial charge on any atom is 0.248 e. The molecule has 0 atom stereocenters. The van der Waals surface area contributed by atoms with Gasteiger partial charge in [0.25, 0.3) is 0 Å². The van der Waals surface area contributed by atoms with E-state index in [4.69, 9.17) is 10.7 Å². The van der Waals surface area contributed by atoms with Gasteiger partial charge in [-0.15, -0.1) is 11.3 Å². The second-order valence-electron chi connectivity index (χ2n) is 6.68. The molecule has 0 spiro atoms. The van der Waals surface area contributed by atoms with Gasteiger partial charge in [0.2, 0.25) is 5.91 Å². The average molecular weight is 418 g/mol. The number of hydrogen-bond acceptors (Lipinski definition) is 5. The number of nitrogens with two attached hydrogens (primary N) is 1. The number of thiazole rings is 1. The number of aryl methyl sites for hydroxylation is 2. The van der Waals surface area contributed by atoms with Gasteiger partial charge in [0.05, 0.1) is 11.4 Å². The summed E-state index contributed by atoms with van der Waals surface area (Å²) in [6, 6.07) is 18.0. The topological polar surface area (TPSA) is 68.9 Å². The Morgan fingerprint density at radius 2 is 1.69 bits per heavy atom. The van der Waals surface area contributed by atoms with Gasteiger partial charge >= 0.3 is 0 Å². The standard InChI is InChI=1S/C23H19N3OS2/c1-14-10-18(29-17-6-4-3-5-7-17)11-15(2)21(14)20-13-28-23(26-20)19-12-16(22(24)27)8-9-25-19/h3-13H,1-2H3,(H2,24,27). The van der Waals surface area contributed by atoms with Crippen LogP contribution in [0.3, 0.4) is 0 Å². The summed E-state index contributed by atoms with van der Waals surface area (Å²) in [6.45, 7) is 4.23. The van der Waals surface area contributed by atoms with Crippen LogP contribution in [0.25, 0.3) is 22.0 Å². The van der Waals surface area contributed by atoms with Gasteiger partial charge in [-0.3, -0.25) is 9.78 Å². The minimum atomic E-state index is -0.469. The number of pyridine rings is 1. The molecule has 4 nitrogen and oxygen atoms in total. The number of hydrogen-bond donors (Lipinski definition) is 1. The summed E-state index contributed by atoms with van der Waals surface area (Å²) in [5, 5.41) is 2.80. The summed E-state index contributed by atoms with van der Waals surface area (Å²) in [4.78, 5) is 23.0. The minimum absolute atomic E-state index is 0.432. The van der Waals surface area contributed by atoms with Crippen molar-refractivity contribution in [1.82, 2.24) is 9.97 Å². The Morgan fingerprint density at radius 3 is 2.38 bits per heavy atom. The third kappa shape index (κ3) is 4.23. The van der Waals surface area contributed by atoms with E-state index in [-0.39, 0.29) is 0 Å². The van der Waals surface area contributed by atoms with Crippen molar-refractivity contribution in [2.45, 2.75) is 23.6 Å². The lowest BCUT2D eigenvalue weighted by Crippen LogP contribution is -2.10. The van der Waals surface area contributed by atoms with E-state index in [1.54, 1.807) is 30.1 Å². The molecule has 2 N–H and O–H groups in total. The van der Waals surface area contributed by atoms with Crippen LogP contribution in [-0.2, 0) is 0 Å². The Bertz CT molecular complexity index is 1160. The molecule has 0 aliphatic rings. The molecule has 0 saturated heterocycles. The predicted molar refractivity (Wildman–Crippen MR) is 119 cm³/mol. The highest BCUT2D eigenvalue weighted by atomic mass is 32.2. The number of aromatic nitrogens is 2. The van der Waals surface area contributed by atoms with E-state index in [0.29, 0.717) is 11.3 Å². The lowest BCUT2D eigenvalue weighted by molar-refractivity contribution is 0.1000. The number of rotatable bonds is 5. The fraction of sp³-hybridized carbons (Fsp3) is 0.0870. The first-order chi connectivity index (χ1) is 14.0. The van der Waals surface area contributed by atoms with Crippen LogP contribution >= 0.6 is 23.1 Å². The molecule has 29 heavy (non-hydrogen) atoms. The third-order valence-electron chi connectivity index (χ3n) is 4.51. The summed E-state index contributed by atoms with van der Waals surface area (Å²) in [5.74, 6) is -0.469. The molecule has 0 aliphatic carbocycles. The van der Waals surface area contributed by atoms with Gasteiger partial charge in [-0.2, -0.15) is 0 Å². The first-order valence-corrected chi connectivity index (χ1v) is 10.8. The van der Waals surface area contributed by atoms with Crippen molar-refractivity contribution >= 4 is 29.0 Å². The zero-order valence-electron chi connectivity index (χ0n) is 16.0. The maximum atomic E-state index is 11.4. The van der Waals surface area contributed by atoms with Crippen molar-refractivity contribution in [2.75, 3.05) is 0 Å². The fourth-order valence-electron chi connectivity index (χ4n) is 3.22. The van der Waals surface area contributed by atoms with E-state index in [2.05, 4.69) is 55.2 Å². The van der Waals surface area contributed by atoms with Gasteiger partial charge in [-0.25, -0.2) is 4.98 Å². The van der Waals surface area contributed by atoms with Crippen LogP contribution in [0, 0.1) is 13.8 Å². The van der Waals surface area contributed by atoms with Gasteiger partial charge < -0.3 is 5.73 Å². The Kier molecular flexibility index (Phi) is 5.47. The zero-order valence-corrected chi connectivity index (χ0v) is 17.7. The van der Waals surface area contributed by atoms with Crippen molar-refractivity contribution in [1.29, 1.82) is 0 Å². The van der Waals surface area contributed by atoms with Gasteiger partial charge in [0.15, 0.2) is 0 Å². The molecule has 0 fully saturated rings. The van der Waals surface area contributed by atoms with Crippen LogP contribution < -0.4 is 5.73 Å². The molecule has 144 valence electrons. The van der Waals surface area contributed by atoms with Crippen LogP contribution in [0.4, 0.5) is 0 Å². The maximum absolute atomic E-state index is 11.4. The van der Waals surface area contributed by atoms with E-state index in [1.165, 1.54) is 32.3 Å². The molecular weight excluding hydrogens is 398 g/mol. The minimum Gasteiger partial charge on any atom is -0.366 e. The van der Waals surface area contributed by atoms with Crippen LogP contribution in [0.1, 0.15) is 21.5 Å². The van der Waals surface area contributed by atoms with Crippen LogP contribution in [0.2, 0.25) is 0 Å². The molecule has 0 saturated carbocycles. The summed E-state index contributed by atoms with van der Waals surface area (Å²) < 4.78 is 0. The van der Waals surface area contributed by atoms with Crippen LogP contribution in [0.5, 0.6) is 0 Å². The molecule has 0 aliphatic heterocycles. The van der Waals surface area contributed by atoms with E-state index in [0.717, 1.165) is 16.3 Å². The third-order valence-corrected chi connectivity index (χ3v) is 6.35. The SMILES string of the molecule is Cc1cc(Sc2ccccc2)cc(C)c1-c1csc(-c2cc(C(N)=O)ccn2)n1. The molecule has 4 aromatic rings. The van der Waals surface area contributed by atoms with Crippen molar-refractivity contribution in [3.8, 4) is 22.0 Å². The van der Waals surface area contributed by atoms with Gasteiger partial charge in [0.1, 0.15) is 5.01 Å². The van der Waals surface area contributed by atoms with Crippen LogP contribution in [-0.4, -0.2) is 15.9 Å². The Hall–Kier alpha value is -2.96. The highest BCUT2D eigenvalue weighted by Crippen LogP contribution is 2.36. The number of primary amides is 1. The van der Waals surface area contributed by atoms with E-state index < -0.39 is 5.91 Å². The highest BCUT2D eigenvalue weighted by molar-refractivity contribution is 7.99. The fourth-order valence-corrected chi connectivity index (χ4v) is 5.03. The molecule has 2 heterocycles. The molecule has 2 aromatic heterocycles. The van der Waals surface area contributed by atoms with Crippen molar-refractivity contribution < 1.29 is 4.79 Å². The number of benzene rings is 2. The van der Waals surface area contributed by atoms with Gasteiger partial charge in [0, 0.05) is 32.5 Å². The normalized spacial score (nSPS) is 10.8. The van der Waals surface area contributed by atoms with Gasteiger partial charge in [-0.05, 0) is 61.4 Å². The highest BCUT2D eigenvalue weighted by Gasteiger charge is 2.14. The van der Waals surface area contributed by atoms with E-state index in [1.807, 2.05) is 11.4 Å². The van der Waals surface area contributed by atoms with Crippen molar-refractivity contribution in [2.24, 2.45) is 5.73 Å². The molecule has 4 rings (SSSR count). The second-order valence-corrected chi connectivity index (χ2v) is 8.68. The monoisotopic (exact) mass is 417 g/mol. The predicted octanol–water partition coefficient (Wildman–Crippen LogP) is 5.74. The smallest absolute Gasteiger partial charge is 0.248 e. The van der Waals surface area contributed by atoms with Crippen molar-refractivity contribution in [3.63, 3.8) is 0 Å². The number of carbonyl (C=O) groups excluding carboxylic acids is 1. The molecule has 6 heteroatoms. The van der Waals surface area contributed by atoms with Crippen LogP contribution in [0.15, 0.2) is 76.0 Å². The number of amides is 1. The van der Waals surface area contributed by atoms with E-state index in [9.17, 15) is 4.79 Å². The first-order valence-electron chi connectivity index (χ1n) is 9.07. The second kappa shape index (κ2) is 8.19. The number of carbonyl (C=O) groups is 1. The Morgan fingerprint density at radius 1 is 0.966 bits per heavy atom. The number of nitrogens with zero attached hydrogens (tertiary/aromatic N) is 2. The quantitative estimate of drug-likeness (QED) is 0.450.